The Bertz CT molecular complexity index is 785. The third-order valence-corrected chi connectivity index (χ3v) is 9.54. The first-order valence-electron chi connectivity index (χ1n) is 13.9. The highest BCUT2D eigenvalue weighted by atomic mass is 16.6. The van der Waals surface area contributed by atoms with Crippen LogP contribution in [0.15, 0.2) is 11.6 Å². The Kier molecular flexibility index (Phi) is 8.52. The molecule has 6 atom stereocenters. The van der Waals surface area contributed by atoms with E-state index in [0.29, 0.717) is 36.1 Å². The first kappa shape index (κ1) is 25.4. The fourth-order valence-electron chi connectivity index (χ4n) is 7.90. The molecule has 0 aliphatic heterocycles. The first-order chi connectivity index (χ1) is 16.4. The van der Waals surface area contributed by atoms with Crippen LogP contribution in [0.2, 0.25) is 0 Å². The summed E-state index contributed by atoms with van der Waals surface area (Å²) in [6.07, 6.45) is 16.6. The van der Waals surface area contributed by atoms with Crippen molar-refractivity contribution in [1.29, 1.82) is 0 Å². The molecule has 0 radical (unpaired) electrons. The molecular weight excluding hydrogens is 428 g/mol. The van der Waals surface area contributed by atoms with Gasteiger partial charge >= 0.3 is 11.9 Å². The summed E-state index contributed by atoms with van der Waals surface area (Å²) in [5.41, 5.74) is 1.86. The average Bonchev–Trinajstić information content (AvgIpc) is 3.16. The van der Waals surface area contributed by atoms with Crippen LogP contribution < -0.4 is 0 Å². The summed E-state index contributed by atoms with van der Waals surface area (Å²) in [5, 5.41) is 0. The number of carbonyl (C=O) groups is 3. The molecule has 0 aromatic carbocycles. The Morgan fingerprint density at radius 2 is 1.88 bits per heavy atom. The van der Waals surface area contributed by atoms with Crippen LogP contribution in [-0.2, 0) is 23.9 Å². The number of hydrogen-bond acceptors (Lipinski definition) is 5. The molecule has 4 rings (SSSR count). The highest BCUT2D eigenvalue weighted by Crippen LogP contribution is 2.63. The third kappa shape index (κ3) is 5.94. The molecule has 0 aromatic rings. The zero-order valence-electron chi connectivity index (χ0n) is 21.3. The second-order valence-corrected chi connectivity index (χ2v) is 11.8. The number of ketones is 1. The van der Waals surface area contributed by atoms with E-state index in [4.69, 9.17) is 9.47 Å². The van der Waals surface area contributed by atoms with Gasteiger partial charge in [0.05, 0.1) is 6.61 Å². The van der Waals surface area contributed by atoms with Crippen LogP contribution in [0.1, 0.15) is 104 Å². The van der Waals surface area contributed by atoms with Crippen LogP contribution in [0.5, 0.6) is 0 Å². The number of carbonyl (C=O) groups excluding carboxylic acids is 3. The van der Waals surface area contributed by atoms with Crippen LogP contribution in [0.4, 0.5) is 0 Å². The Hall–Kier alpha value is -1.65. The Labute approximate surface area is 205 Å². The predicted octanol–water partition coefficient (Wildman–Crippen LogP) is 6.19. The highest BCUT2D eigenvalue weighted by molar-refractivity contribution is 5.91. The largest absolute Gasteiger partial charge is 0.463 e. The lowest BCUT2D eigenvalue weighted by Gasteiger charge is -2.52. The number of hydrogen-bond donors (Lipinski definition) is 0. The smallest absolute Gasteiger partial charge is 0.344 e. The first-order valence-corrected chi connectivity index (χ1v) is 13.9. The normalized spacial score (nSPS) is 34.5. The monoisotopic (exact) mass is 472 g/mol. The molecular formula is C29H44O5. The summed E-state index contributed by atoms with van der Waals surface area (Å²) < 4.78 is 10.5. The zero-order valence-corrected chi connectivity index (χ0v) is 21.3. The lowest BCUT2D eigenvalue weighted by atomic mass is 9.52. The molecule has 0 N–H and O–H groups in total. The lowest BCUT2D eigenvalue weighted by Crippen LogP contribution is -2.44. The fraction of sp³-hybridized carbons (Fsp3) is 0.828. The van der Waals surface area contributed by atoms with Crippen molar-refractivity contribution in [2.45, 2.75) is 104 Å². The summed E-state index contributed by atoms with van der Waals surface area (Å²) in [6.45, 7) is 4.79. The van der Waals surface area contributed by atoms with Crippen molar-refractivity contribution in [2.75, 3.05) is 13.2 Å². The summed E-state index contributed by atoms with van der Waals surface area (Å²) in [4.78, 5) is 35.7. The highest BCUT2D eigenvalue weighted by Gasteiger charge is 2.54. The van der Waals surface area contributed by atoms with E-state index < -0.39 is 5.97 Å². The van der Waals surface area contributed by atoms with E-state index in [9.17, 15) is 14.4 Å². The molecule has 190 valence electrons. The Balaban J connectivity index is 1.19. The fourth-order valence-corrected chi connectivity index (χ4v) is 7.90. The van der Waals surface area contributed by atoms with Crippen LogP contribution in [0, 0.1) is 35.0 Å². The van der Waals surface area contributed by atoms with Gasteiger partial charge < -0.3 is 9.47 Å². The van der Waals surface area contributed by atoms with E-state index in [1.165, 1.54) is 37.7 Å². The van der Waals surface area contributed by atoms with Gasteiger partial charge in [-0.05, 0) is 98.9 Å². The van der Waals surface area contributed by atoms with Gasteiger partial charge in [-0.25, -0.2) is 4.79 Å². The van der Waals surface area contributed by atoms with Gasteiger partial charge in [-0.2, -0.15) is 0 Å². The number of rotatable bonds is 10. The number of allylic oxidation sites excluding steroid dienone is 1. The molecule has 34 heavy (non-hydrogen) atoms. The average molecular weight is 473 g/mol. The molecule has 0 aromatic heterocycles. The Morgan fingerprint density at radius 3 is 2.71 bits per heavy atom. The molecule has 5 nitrogen and oxygen atoms in total. The molecule has 0 saturated heterocycles. The molecule has 0 heterocycles. The molecule has 0 unspecified atom stereocenters. The van der Waals surface area contributed by atoms with Crippen LogP contribution >= 0.6 is 0 Å². The van der Waals surface area contributed by atoms with E-state index >= 15 is 0 Å². The molecule has 0 bridgehead atoms. The van der Waals surface area contributed by atoms with Crippen molar-refractivity contribution in [1.82, 2.24) is 0 Å². The minimum Gasteiger partial charge on any atom is -0.463 e. The zero-order chi connectivity index (χ0) is 24.1. The van der Waals surface area contributed by atoms with E-state index in [0.717, 1.165) is 69.1 Å². The van der Waals surface area contributed by atoms with Gasteiger partial charge in [0, 0.05) is 12.8 Å². The standard InChI is InChI=1S/C29H44O5/c1-3-4-5-6-7-27(31)34-19-28(32)33-15-13-20-16-26-25-10-8-21-17-22(30)9-11-23(21)24(25)12-14-29(26,2)18-20/h17,20,23-26H,3-16,18-19H2,1-2H3/t20-,23-,24+,25+,26-,29+/m0/s1. The Morgan fingerprint density at radius 1 is 1.03 bits per heavy atom. The second kappa shape index (κ2) is 11.4. The van der Waals surface area contributed by atoms with Crippen molar-refractivity contribution < 1.29 is 23.9 Å². The van der Waals surface area contributed by atoms with Gasteiger partial charge in [0.2, 0.25) is 0 Å². The van der Waals surface area contributed by atoms with Gasteiger partial charge in [0.25, 0.3) is 0 Å². The third-order valence-electron chi connectivity index (χ3n) is 9.54. The molecule has 4 aliphatic rings. The van der Waals surface area contributed by atoms with Crippen molar-refractivity contribution in [2.24, 2.45) is 35.0 Å². The van der Waals surface area contributed by atoms with E-state index in [1.807, 2.05) is 6.08 Å². The topological polar surface area (TPSA) is 69.7 Å². The number of esters is 2. The van der Waals surface area contributed by atoms with E-state index in [2.05, 4.69) is 13.8 Å². The van der Waals surface area contributed by atoms with Gasteiger partial charge in [-0.15, -0.1) is 0 Å². The minimum absolute atomic E-state index is 0.263. The maximum Gasteiger partial charge on any atom is 0.344 e. The molecule has 4 aliphatic carbocycles. The summed E-state index contributed by atoms with van der Waals surface area (Å²) in [5.74, 6) is 3.17. The van der Waals surface area contributed by atoms with Gasteiger partial charge in [0.1, 0.15) is 0 Å². The molecule has 3 saturated carbocycles. The van der Waals surface area contributed by atoms with Crippen molar-refractivity contribution in [3.63, 3.8) is 0 Å². The van der Waals surface area contributed by atoms with Crippen molar-refractivity contribution in [3.05, 3.63) is 11.6 Å². The van der Waals surface area contributed by atoms with Gasteiger partial charge in [-0.1, -0.05) is 38.7 Å². The lowest BCUT2D eigenvalue weighted by molar-refractivity contribution is -0.159. The maximum atomic E-state index is 12.0. The van der Waals surface area contributed by atoms with Crippen molar-refractivity contribution in [3.8, 4) is 0 Å². The number of fused-ring (bicyclic) bond motifs is 5. The molecule has 5 heteroatoms. The summed E-state index contributed by atoms with van der Waals surface area (Å²) in [7, 11) is 0. The van der Waals surface area contributed by atoms with Gasteiger partial charge in [-0.3, -0.25) is 9.59 Å². The number of ether oxygens (including phenoxy) is 2. The van der Waals surface area contributed by atoms with Crippen LogP contribution in [0.25, 0.3) is 0 Å². The van der Waals surface area contributed by atoms with Gasteiger partial charge in [0.15, 0.2) is 12.4 Å². The molecule has 0 amide bonds. The number of unbranched alkanes of at least 4 members (excludes halogenated alkanes) is 3. The molecule has 0 spiro atoms. The second-order valence-electron chi connectivity index (χ2n) is 11.8. The van der Waals surface area contributed by atoms with Crippen LogP contribution in [0.3, 0.4) is 0 Å². The van der Waals surface area contributed by atoms with Crippen LogP contribution in [-0.4, -0.2) is 30.9 Å². The molecule has 3 fully saturated rings. The van der Waals surface area contributed by atoms with E-state index in [-0.39, 0.29) is 12.6 Å². The summed E-state index contributed by atoms with van der Waals surface area (Å²) in [6, 6.07) is 0. The minimum atomic E-state index is -0.429. The quantitative estimate of drug-likeness (QED) is 0.280. The predicted molar refractivity (Wildman–Crippen MR) is 131 cm³/mol. The maximum absolute atomic E-state index is 12.0. The van der Waals surface area contributed by atoms with E-state index in [1.54, 1.807) is 0 Å². The summed E-state index contributed by atoms with van der Waals surface area (Å²) >= 11 is 0. The van der Waals surface area contributed by atoms with Crippen molar-refractivity contribution >= 4 is 17.7 Å². The SMILES string of the molecule is CCCCCCC(=O)OCC(=O)OCC[C@H]1C[C@H]2[C@@H]3CCC4=CC(=O)CC[C@@H]4[C@H]3CC[C@]2(C)C1.